The van der Waals surface area contributed by atoms with Crippen LogP contribution in [0.1, 0.15) is 75.7 Å². The second-order valence-corrected chi connectivity index (χ2v) is 8.86. The summed E-state index contributed by atoms with van der Waals surface area (Å²) >= 11 is 0. The van der Waals surface area contributed by atoms with Crippen LogP contribution in [0.3, 0.4) is 0 Å². The molecule has 0 aliphatic heterocycles. The van der Waals surface area contributed by atoms with Crippen LogP contribution in [0.2, 0.25) is 0 Å². The van der Waals surface area contributed by atoms with Gasteiger partial charge in [0.05, 0.1) is 12.2 Å². The van der Waals surface area contributed by atoms with Crippen molar-refractivity contribution in [3.63, 3.8) is 0 Å². The van der Waals surface area contributed by atoms with Crippen LogP contribution in [0.25, 0.3) is 0 Å². The zero-order valence-corrected chi connectivity index (χ0v) is 17.7. The molecule has 1 aromatic carbocycles. The third-order valence-electron chi connectivity index (χ3n) is 6.78. The van der Waals surface area contributed by atoms with Crippen LogP contribution in [0.15, 0.2) is 42.5 Å². The summed E-state index contributed by atoms with van der Waals surface area (Å²) in [5, 5.41) is 8.45. The minimum Gasteiger partial charge on any atom is -0.378 e. The van der Waals surface area contributed by atoms with Gasteiger partial charge in [0.25, 0.3) is 0 Å². The van der Waals surface area contributed by atoms with Crippen molar-refractivity contribution in [3.8, 4) is 6.07 Å². The van der Waals surface area contributed by atoms with E-state index in [1.165, 1.54) is 50.3 Å². The van der Waals surface area contributed by atoms with E-state index in [0.29, 0.717) is 17.9 Å². The summed E-state index contributed by atoms with van der Waals surface area (Å²) in [4.78, 5) is 0. The van der Waals surface area contributed by atoms with Crippen molar-refractivity contribution in [1.29, 1.82) is 5.26 Å². The molecule has 0 N–H and O–H groups in total. The molecule has 0 spiro atoms. The maximum absolute atomic E-state index is 13.5. The number of hydrogen-bond donors (Lipinski definition) is 0. The molecule has 0 saturated heterocycles. The van der Waals surface area contributed by atoms with E-state index in [9.17, 15) is 8.78 Å². The molecular weight excluding hydrogens is 380 g/mol. The first kappa shape index (κ1) is 22.7. The molecule has 0 heterocycles. The van der Waals surface area contributed by atoms with Crippen molar-refractivity contribution in [2.75, 3.05) is 6.61 Å². The van der Waals surface area contributed by atoms with Gasteiger partial charge in [-0.1, -0.05) is 37.1 Å². The fourth-order valence-corrected chi connectivity index (χ4v) is 4.89. The molecule has 0 radical (unpaired) electrons. The third kappa shape index (κ3) is 7.06. The van der Waals surface area contributed by atoms with Crippen molar-refractivity contribution < 1.29 is 13.5 Å². The van der Waals surface area contributed by atoms with Crippen molar-refractivity contribution in [3.05, 3.63) is 59.7 Å². The molecule has 1 aromatic rings. The van der Waals surface area contributed by atoms with Gasteiger partial charge >= 0.3 is 0 Å². The summed E-state index contributed by atoms with van der Waals surface area (Å²) < 4.78 is 32.9. The molecule has 2 fully saturated rings. The van der Waals surface area contributed by atoms with Gasteiger partial charge in [0.1, 0.15) is 0 Å². The maximum atomic E-state index is 13.5. The average molecular weight is 414 g/mol. The lowest BCUT2D eigenvalue weighted by molar-refractivity contribution is -0.00476. The summed E-state index contributed by atoms with van der Waals surface area (Å²) in [7, 11) is 0. The van der Waals surface area contributed by atoms with E-state index in [0.717, 1.165) is 50.2 Å². The highest BCUT2D eigenvalue weighted by molar-refractivity contribution is 5.22. The lowest BCUT2D eigenvalue weighted by Crippen LogP contribution is -2.25. The topological polar surface area (TPSA) is 33.0 Å². The molecule has 162 valence electrons. The van der Waals surface area contributed by atoms with Gasteiger partial charge in [0.2, 0.25) is 0 Å². The van der Waals surface area contributed by atoms with Gasteiger partial charge in [-0.2, -0.15) is 5.26 Å². The normalized spacial score (nSPS) is 27.5. The Balaban J connectivity index is 1.29. The molecule has 0 bridgehead atoms. The Kier molecular flexibility index (Phi) is 9.08. The Morgan fingerprint density at radius 2 is 1.67 bits per heavy atom. The smallest absolute Gasteiger partial charge is 0.159 e. The van der Waals surface area contributed by atoms with Crippen LogP contribution in [0.5, 0.6) is 0 Å². The fourth-order valence-electron chi connectivity index (χ4n) is 4.89. The highest BCUT2D eigenvalue weighted by atomic mass is 19.2. The van der Waals surface area contributed by atoms with Gasteiger partial charge in [-0.15, -0.1) is 0 Å². The number of hydrogen-bond acceptors (Lipinski definition) is 2. The van der Waals surface area contributed by atoms with E-state index < -0.39 is 11.6 Å². The maximum Gasteiger partial charge on any atom is 0.159 e. The SMILES string of the molecule is N#CC=CC=CCCC1CCC(COC2CCC(c3ccc(F)c(F)c3)CC2)CC1. The molecular formula is C26H33F2NO. The molecule has 0 unspecified atom stereocenters. The Morgan fingerprint density at radius 1 is 0.933 bits per heavy atom. The Hall–Kier alpha value is -1.99. The van der Waals surface area contributed by atoms with E-state index in [1.54, 1.807) is 12.1 Å². The molecule has 3 rings (SSSR count). The standard InChI is InChI=1S/C26H33F2NO/c27-25-16-13-23(18-26(25)28)22-11-14-24(15-12-22)30-19-21-9-7-20(8-10-21)6-4-2-1-3-5-17-29/h1-3,5,13,16,18,20-22,24H,4,6-12,14-15,19H2. The Labute approximate surface area is 179 Å². The van der Waals surface area contributed by atoms with Crippen LogP contribution in [-0.4, -0.2) is 12.7 Å². The first-order chi connectivity index (χ1) is 14.7. The third-order valence-corrected chi connectivity index (χ3v) is 6.78. The summed E-state index contributed by atoms with van der Waals surface area (Å²) in [5.74, 6) is 0.305. The van der Waals surface area contributed by atoms with Crippen LogP contribution in [0.4, 0.5) is 8.78 Å². The highest BCUT2D eigenvalue weighted by Crippen LogP contribution is 2.36. The predicted octanol–water partition coefficient (Wildman–Crippen LogP) is 7.23. The number of allylic oxidation sites excluding steroid dienone is 4. The van der Waals surface area contributed by atoms with Crippen LogP contribution >= 0.6 is 0 Å². The molecule has 2 nitrogen and oxygen atoms in total. The minimum absolute atomic E-state index is 0.316. The molecule has 2 aliphatic rings. The van der Waals surface area contributed by atoms with Crippen molar-refractivity contribution >= 4 is 0 Å². The lowest BCUT2D eigenvalue weighted by Gasteiger charge is -2.32. The molecule has 2 saturated carbocycles. The van der Waals surface area contributed by atoms with Crippen molar-refractivity contribution in [2.45, 2.75) is 76.2 Å². The van der Waals surface area contributed by atoms with E-state index in [-0.39, 0.29) is 0 Å². The quantitative estimate of drug-likeness (QED) is 0.333. The molecule has 0 aromatic heterocycles. The summed E-state index contributed by atoms with van der Waals surface area (Å²) in [6, 6.07) is 6.32. The minimum atomic E-state index is -0.769. The highest BCUT2D eigenvalue weighted by Gasteiger charge is 2.26. The summed E-state index contributed by atoms with van der Waals surface area (Å²) in [6.45, 7) is 0.867. The fraction of sp³-hybridized carbons (Fsp3) is 0.577. The van der Waals surface area contributed by atoms with Crippen molar-refractivity contribution in [1.82, 2.24) is 0 Å². The molecule has 0 amide bonds. The molecule has 2 aliphatic carbocycles. The second-order valence-electron chi connectivity index (χ2n) is 8.86. The first-order valence-corrected chi connectivity index (χ1v) is 11.4. The average Bonchev–Trinajstić information content (AvgIpc) is 2.78. The Bertz CT molecular complexity index is 751. The lowest BCUT2D eigenvalue weighted by atomic mass is 9.80. The van der Waals surface area contributed by atoms with Gasteiger partial charge in [-0.25, -0.2) is 8.78 Å². The van der Waals surface area contributed by atoms with Crippen molar-refractivity contribution in [2.24, 2.45) is 11.8 Å². The largest absolute Gasteiger partial charge is 0.378 e. The predicted molar refractivity (Wildman–Crippen MR) is 116 cm³/mol. The number of nitrogens with zero attached hydrogens (tertiary/aromatic N) is 1. The van der Waals surface area contributed by atoms with Gasteiger partial charge in [0, 0.05) is 12.7 Å². The number of halogens is 2. The number of benzene rings is 1. The first-order valence-electron chi connectivity index (χ1n) is 11.4. The number of nitriles is 1. The molecule has 30 heavy (non-hydrogen) atoms. The second kappa shape index (κ2) is 12.0. The van der Waals surface area contributed by atoms with Crippen LogP contribution < -0.4 is 0 Å². The number of rotatable bonds is 8. The molecule has 4 heteroatoms. The van der Waals surface area contributed by atoms with Gasteiger partial charge in [0.15, 0.2) is 11.6 Å². The zero-order chi connectivity index (χ0) is 21.2. The van der Waals surface area contributed by atoms with Crippen LogP contribution in [-0.2, 0) is 4.74 Å². The van der Waals surface area contributed by atoms with Gasteiger partial charge in [-0.05, 0) is 86.8 Å². The van der Waals surface area contributed by atoms with E-state index in [1.807, 2.05) is 12.1 Å². The van der Waals surface area contributed by atoms with E-state index in [2.05, 4.69) is 6.08 Å². The Morgan fingerprint density at radius 3 is 2.37 bits per heavy atom. The van der Waals surface area contributed by atoms with E-state index in [4.69, 9.17) is 10.00 Å². The number of ether oxygens (including phenoxy) is 1. The van der Waals surface area contributed by atoms with E-state index >= 15 is 0 Å². The summed E-state index contributed by atoms with van der Waals surface area (Å²) in [5.41, 5.74) is 0.918. The van der Waals surface area contributed by atoms with Gasteiger partial charge in [-0.3, -0.25) is 0 Å². The monoisotopic (exact) mass is 413 g/mol. The van der Waals surface area contributed by atoms with Gasteiger partial charge < -0.3 is 4.74 Å². The molecule has 0 atom stereocenters. The van der Waals surface area contributed by atoms with Crippen LogP contribution in [0, 0.1) is 34.8 Å². The summed E-state index contributed by atoms with van der Waals surface area (Å²) in [6.07, 6.45) is 19.1. The zero-order valence-electron chi connectivity index (χ0n) is 17.7.